The van der Waals surface area contributed by atoms with Crippen LogP contribution in [0.4, 0.5) is 5.82 Å². The average molecular weight is 372 g/mol. The molecule has 1 amide bonds. The molecule has 2 aromatic heterocycles. The molecule has 0 fully saturated rings. The fourth-order valence-electron chi connectivity index (χ4n) is 3.04. The van der Waals surface area contributed by atoms with E-state index < -0.39 is 0 Å². The van der Waals surface area contributed by atoms with Crippen LogP contribution in [0.25, 0.3) is 11.5 Å². The van der Waals surface area contributed by atoms with Crippen molar-refractivity contribution in [2.24, 2.45) is 0 Å². The number of oxazole rings is 1. The first-order valence-corrected chi connectivity index (χ1v) is 9.02. The molecular weight excluding hydrogens is 352 g/mol. The lowest BCUT2D eigenvalue weighted by atomic mass is 10.1. The molecule has 0 radical (unpaired) electrons. The van der Waals surface area contributed by atoms with E-state index in [0.717, 1.165) is 11.1 Å². The molecule has 0 bridgehead atoms. The first kappa shape index (κ1) is 17.7. The Balaban J connectivity index is 1.54. The van der Waals surface area contributed by atoms with Crippen molar-refractivity contribution in [1.29, 1.82) is 0 Å². The first-order chi connectivity index (χ1) is 13.6. The summed E-state index contributed by atoms with van der Waals surface area (Å²) >= 11 is 0. The Labute approximate surface area is 162 Å². The zero-order chi connectivity index (χ0) is 19.5. The largest absolute Gasteiger partial charge is 0.441 e. The third-order valence-electron chi connectivity index (χ3n) is 4.41. The van der Waals surface area contributed by atoms with Crippen molar-refractivity contribution in [3.63, 3.8) is 0 Å². The van der Waals surface area contributed by atoms with E-state index >= 15 is 0 Å². The molecule has 0 aliphatic carbocycles. The zero-order valence-electron chi connectivity index (χ0n) is 15.7. The van der Waals surface area contributed by atoms with Gasteiger partial charge in [-0.1, -0.05) is 48.0 Å². The van der Waals surface area contributed by atoms with Gasteiger partial charge in [-0.05, 0) is 31.5 Å². The molecule has 4 aromatic rings. The van der Waals surface area contributed by atoms with Crippen LogP contribution < -0.4 is 5.32 Å². The summed E-state index contributed by atoms with van der Waals surface area (Å²) in [5.74, 6) is 1.18. The highest BCUT2D eigenvalue weighted by Gasteiger charge is 2.19. The number of hydrogen-bond donors (Lipinski definition) is 1. The van der Waals surface area contributed by atoms with Crippen molar-refractivity contribution in [2.45, 2.75) is 20.4 Å². The smallest absolute Gasteiger partial charge is 0.279 e. The van der Waals surface area contributed by atoms with Crippen molar-refractivity contribution in [2.75, 3.05) is 5.32 Å². The van der Waals surface area contributed by atoms with Gasteiger partial charge in [0.15, 0.2) is 5.69 Å². The maximum absolute atomic E-state index is 12.8. The average Bonchev–Trinajstić information content (AvgIpc) is 3.29. The van der Waals surface area contributed by atoms with Gasteiger partial charge in [-0.15, -0.1) is 0 Å². The highest BCUT2D eigenvalue weighted by molar-refractivity contribution is 6.03. The predicted octanol–water partition coefficient (Wildman–Crippen LogP) is 4.46. The summed E-state index contributed by atoms with van der Waals surface area (Å²) in [6, 6.07) is 19.5. The SMILES string of the molecule is Cc1cccc(Cn2nccc2NC(=O)c2nc(-c3ccccc3)oc2C)c1. The fourth-order valence-corrected chi connectivity index (χ4v) is 3.04. The predicted molar refractivity (Wildman–Crippen MR) is 107 cm³/mol. The number of hydrogen-bond acceptors (Lipinski definition) is 4. The molecule has 28 heavy (non-hydrogen) atoms. The molecule has 0 saturated carbocycles. The number of nitrogens with one attached hydrogen (secondary N) is 1. The molecule has 6 nitrogen and oxygen atoms in total. The minimum atomic E-state index is -0.325. The third-order valence-corrected chi connectivity index (χ3v) is 4.41. The van der Waals surface area contributed by atoms with Gasteiger partial charge in [0.05, 0.1) is 12.7 Å². The van der Waals surface area contributed by atoms with Gasteiger partial charge < -0.3 is 9.73 Å². The van der Waals surface area contributed by atoms with Crippen LogP contribution in [-0.4, -0.2) is 20.7 Å². The maximum atomic E-state index is 12.8. The lowest BCUT2D eigenvalue weighted by Crippen LogP contribution is -2.17. The van der Waals surface area contributed by atoms with Crippen LogP contribution in [0.15, 0.2) is 71.3 Å². The molecule has 0 spiro atoms. The summed E-state index contributed by atoms with van der Waals surface area (Å²) in [6.07, 6.45) is 1.66. The van der Waals surface area contributed by atoms with Gasteiger partial charge in [0.25, 0.3) is 5.91 Å². The van der Waals surface area contributed by atoms with Crippen LogP contribution in [0.3, 0.4) is 0 Å². The Kier molecular flexibility index (Phi) is 4.76. The van der Waals surface area contributed by atoms with Crippen LogP contribution >= 0.6 is 0 Å². The molecule has 1 N–H and O–H groups in total. The molecule has 0 aliphatic heterocycles. The van der Waals surface area contributed by atoms with Crippen molar-refractivity contribution in [1.82, 2.24) is 14.8 Å². The van der Waals surface area contributed by atoms with E-state index in [1.807, 2.05) is 55.5 Å². The Bertz CT molecular complexity index is 1110. The second-order valence-corrected chi connectivity index (χ2v) is 6.61. The summed E-state index contributed by atoms with van der Waals surface area (Å²) in [7, 11) is 0. The van der Waals surface area contributed by atoms with Gasteiger partial charge in [0.2, 0.25) is 5.89 Å². The maximum Gasteiger partial charge on any atom is 0.279 e. The van der Waals surface area contributed by atoms with E-state index in [1.54, 1.807) is 23.9 Å². The van der Waals surface area contributed by atoms with Crippen molar-refractivity contribution >= 4 is 11.7 Å². The third kappa shape index (κ3) is 3.71. The highest BCUT2D eigenvalue weighted by Crippen LogP contribution is 2.22. The molecule has 2 aromatic carbocycles. The van der Waals surface area contributed by atoms with Crippen molar-refractivity contribution in [3.8, 4) is 11.5 Å². The van der Waals surface area contributed by atoms with Gasteiger partial charge in [0.1, 0.15) is 11.6 Å². The molecular formula is C22H20N4O2. The van der Waals surface area contributed by atoms with Gasteiger partial charge in [0, 0.05) is 11.6 Å². The summed E-state index contributed by atoms with van der Waals surface area (Å²) in [6.45, 7) is 4.35. The van der Waals surface area contributed by atoms with Crippen LogP contribution in [0.1, 0.15) is 27.4 Å². The Morgan fingerprint density at radius 3 is 2.68 bits per heavy atom. The summed E-state index contributed by atoms with van der Waals surface area (Å²) in [5.41, 5.74) is 3.39. The normalized spacial score (nSPS) is 10.8. The first-order valence-electron chi connectivity index (χ1n) is 9.02. The molecule has 2 heterocycles. The van der Waals surface area contributed by atoms with E-state index in [2.05, 4.69) is 21.5 Å². The van der Waals surface area contributed by atoms with E-state index in [4.69, 9.17) is 4.42 Å². The Morgan fingerprint density at radius 2 is 1.89 bits per heavy atom. The molecule has 0 saturated heterocycles. The number of aryl methyl sites for hydroxylation is 2. The molecule has 140 valence electrons. The van der Waals surface area contributed by atoms with E-state index in [9.17, 15) is 4.79 Å². The Hall–Kier alpha value is -3.67. The summed E-state index contributed by atoms with van der Waals surface area (Å²) in [4.78, 5) is 17.1. The number of anilines is 1. The lowest BCUT2D eigenvalue weighted by Gasteiger charge is -2.09. The molecule has 0 aliphatic rings. The van der Waals surface area contributed by atoms with E-state index in [1.165, 1.54) is 5.56 Å². The standard InChI is InChI=1S/C22H20N4O2/c1-15-7-6-8-17(13-15)14-26-19(11-12-23-26)24-21(27)20-16(2)28-22(25-20)18-9-4-3-5-10-18/h3-13H,14H2,1-2H3,(H,24,27). The number of rotatable bonds is 5. The van der Waals surface area contributed by atoms with Gasteiger partial charge in [-0.3, -0.25) is 4.79 Å². The Morgan fingerprint density at radius 1 is 1.07 bits per heavy atom. The molecule has 6 heteroatoms. The zero-order valence-corrected chi connectivity index (χ0v) is 15.7. The minimum Gasteiger partial charge on any atom is -0.441 e. The van der Waals surface area contributed by atoms with Crippen LogP contribution in [0.2, 0.25) is 0 Å². The lowest BCUT2D eigenvalue weighted by molar-refractivity contribution is 0.102. The van der Waals surface area contributed by atoms with Gasteiger partial charge in [-0.2, -0.15) is 5.10 Å². The topological polar surface area (TPSA) is 73.0 Å². The molecule has 0 atom stereocenters. The van der Waals surface area contributed by atoms with Crippen molar-refractivity contribution in [3.05, 3.63) is 89.4 Å². The minimum absolute atomic E-state index is 0.266. The monoisotopic (exact) mass is 372 g/mol. The highest BCUT2D eigenvalue weighted by atomic mass is 16.4. The number of aromatic nitrogens is 3. The van der Waals surface area contributed by atoms with Gasteiger partial charge in [-0.25, -0.2) is 9.67 Å². The quantitative estimate of drug-likeness (QED) is 0.561. The second kappa shape index (κ2) is 7.52. The molecule has 4 rings (SSSR count). The van der Waals surface area contributed by atoms with E-state index in [0.29, 0.717) is 24.0 Å². The summed E-state index contributed by atoms with van der Waals surface area (Å²) < 4.78 is 7.44. The fraction of sp³-hybridized carbons (Fsp3) is 0.136. The number of carbonyl (C=O) groups excluding carboxylic acids is 1. The van der Waals surface area contributed by atoms with Gasteiger partial charge >= 0.3 is 0 Å². The number of nitrogens with zero attached hydrogens (tertiary/aromatic N) is 3. The second-order valence-electron chi connectivity index (χ2n) is 6.61. The molecule has 0 unspecified atom stereocenters. The summed E-state index contributed by atoms with van der Waals surface area (Å²) in [5, 5.41) is 7.21. The van der Waals surface area contributed by atoms with Crippen LogP contribution in [0.5, 0.6) is 0 Å². The van der Waals surface area contributed by atoms with Crippen molar-refractivity contribution < 1.29 is 9.21 Å². The number of benzene rings is 2. The number of carbonyl (C=O) groups is 1. The number of amides is 1. The van der Waals surface area contributed by atoms with Crippen LogP contribution in [0, 0.1) is 13.8 Å². The van der Waals surface area contributed by atoms with E-state index in [-0.39, 0.29) is 11.6 Å². The van der Waals surface area contributed by atoms with Crippen LogP contribution in [-0.2, 0) is 6.54 Å².